The molecule has 2 aliphatic rings. The number of aryl methyl sites for hydroxylation is 2. The number of anilines is 2. The van der Waals surface area contributed by atoms with Crippen LogP contribution < -0.4 is 10.2 Å². The molecule has 0 spiro atoms. The number of amides is 3. The van der Waals surface area contributed by atoms with Gasteiger partial charge in [-0.2, -0.15) is 5.11 Å². The fraction of sp³-hybridized carbons (Fsp3) is 0.250. The van der Waals surface area contributed by atoms with Gasteiger partial charge in [0.2, 0.25) is 5.91 Å². The van der Waals surface area contributed by atoms with Gasteiger partial charge in [0.1, 0.15) is 6.54 Å². The topological polar surface area (TPSA) is 94.4 Å². The normalized spacial score (nSPS) is 20.4. The van der Waals surface area contributed by atoms with Gasteiger partial charge >= 0.3 is 0 Å². The molecule has 0 bridgehead atoms. The number of halogens is 1. The zero-order chi connectivity index (χ0) is 20.7. The van der Waals surface area contributed by atoms with Crippen LogP contribution in [-0.4, -0.2) is 41.4 Å². The Labute approximate surface area is 172 Å². The van der Waals surface area contributed by atoms with Crippen molar-refractivity contribution in [2.24, 2.45) is 10.3 Å². The quantitative estimate of drug-likeness (QED) is 0.782. The molecule has 0 radical (unpaired) electrons. The van der Waals surface area contributed by atoms with Gasteiger partial charge < -0.3 is 5.32 Å². The van der Waals surface area contributed by atoms with E-state index in [2.05, 4.69) is 15.7 Å². The maximum absolute atomic E-state index is 12.9. The number of benzene rings is 2. The monoisotopic (exact) mass is 411 g/mol. The summed E-state index contributed by atoms with van der Waals surface area (Å²) in [4.78, 5) is 39.3. The molecule has 9 heteroatoms. The van der Waals surface area contributed by atoms with Gasteiger partial charge in [0.25, 0.3) is 11.8 Å². The fourth-order valence-electron chi connectivity index (χ4n) is 3.56. The van der Waals surface area contributed by atoms with Crippen molar-refractivity contribution in [2.75, 3.05) is 16.8 Å². The number of nitrogens with zero attached hydrogens (tertiary/aromatic N) is 4. The van der Waals surface area contributed by atoms with E-state index in [4.69, 9.17) is 11.6 Å². The number of imide groups is 1. The zero-order valence-electron chi connectivity index (χ0n) is 15.8. The molecular formula is C20H18ClN5O3. The first kappa shape index (κ1) is 19.1. The molecule has 2 heterocycles. The second-order valence-corrected chi connectivity index (χ2v) is 7.44. The molecule has 0 aliphatic carbocycles. The third-order valence-corrected chi connectivity index (χ3v) is 5.21. The van der Waals surface area contributed by atoms with Crippen LogP contribution in [0.1, 0.15) is 11.1 Å². The van der Waals surface area contributed by atoms with Crippen LogP contribution in [0.15, 0.2) is 52.8 Å². The molecular weight excluding hydrogens is 394 g/mol. The SMILES string of the molecule is Cc1cccc(C)c1NC(=O)CN1N=N[C@@H]2C(=O)N(c3cccc(Cl)c3)C(=O)[C@@H]21. The van der Waals surface area contributed by atoms with Crippen molar-refractivity contribution in [1.82, 2.24) is 5.01 Å². The predicted molar refractivity (Wildman–Crippen MR) is 108 cm³/mol. The molecule has 0 aromatic heterocycles. The lowest BCUT2D eigenvalue weighted by molar-refractivity contribution is -0.123. The minimum absolute atomic E-state index is 0.194. The Hall–Kier alpha value is -3.26. The van der Waals surface area contributed by atoms with E-state index in [1.54, 1.807) is 18.2 Å². The lowest BCUT2D eigenvalue weighted by Crippen LogP contribution is -2.43. The molecule has 2 atom stereocenters. The third-order valence-electron chi connectivity index (χ3n) is 4.98. The van der Waals surface area contributed by atoms with Crippen molar-refractivity contribution in [2.45, 2.75) is 25.9 Å². The Bertz CT molecular complexity index is 1030. The number of fused-ring (bicyclic) bond motifs is 1. The molecule has 1 saturated heterocycles. The summed E-state index contributed by atoms with van der Waals surface area (Å²) in [5.74, 6) is -1.31. The molecule has 0 saturated carbocycles. The number of rotatable bonds is 4. The highest BCUT2D eigenvalue weighted by Crippen LogP contribution is 2.32. The maximum Gasteiger partial charge on any atom is 0.263 e. The lowest BCUT2D eigenvalue weighted by Gasteiger charge is -2.20. The number of nitrogens with one attached hydrogen (secondary N) is 1. The lowest BCUT2D eigenvalue weighted by atomic mass is 10.1. The molecule has 148 valence electrons. The van der Waals surface area contributed by atoms with Crippen molar-refractivity contribution in [3.63, 3.8) is 0 Å². The van der Waals surface area contributed by atoms with E-state index in [0.29, 0.717) is 10.7 Å². The van der Waals surface area contributed by atoms with Gasteiger partial charge in [0.05, 0.1) is 5.69 Å². The van der Waals surface area contributed by atoms with Crippen LogP contribution in [0.25, 0.3) is 0 Å². The standard InChI is InChI=1S/C20H18ClN5O3/c1-11-5-3-6-12(2)16(11)22-15(27)10-25-18-17(23-24-25)19(28)26(20(18)29)14-8-4-7-13(21)9-14/h3-9,17-18H,10H2,1-2H3,(H,22,27)/t17-,18+/m0/s1. The Balaban J connectivity index is 1.51. The molecule has 2 aromatic rings. The summed E-state index contributed by atoms with van der Waals surface area (Å²) in [5, 5.41) is 12.3. The summed E-state index contributed by atoms with van der Waals surface area (Å²) in [6.07, 6.45) is 0. The van der Waals surface area contributed by atoms with Crippen LogP contribution in [0.3, 0.4) is 0 Å². The molecule has 3 amide bonds. The van der Waals surface area contributed by atoms with Crippen LogP contribution in [0, 0.1) is 13.8 Å². The minimum Gasteiger partial charge on any atom is -0.324 e. The van der Waals surface area contributed by atoms with E-state index in [0.717, 1.165) is 21.7 Å². The average molecular weight is 412 g/mol. The predicted octanol–water partition coefficient (Wildman–Crippen LogP) is 2.89. The Morgan fingerprint density at radius 2 is 1.79 bits per heavy atom. The second kappa shape index (κ2) is 7.29. The highest BCUT2D eigenvalue weighted by Gasteiger charge is 2.55. The van der Waals surface area contributed by atoms with E-state index < -0.39 is 23.9 Å². The number of hydrogen-bond donors (Lipinski definition) is 1. The van der Waals surface area contributed by atoms with Gasteiger partial charge in [-0.15, -0.1) is 0 Å². The highest BCUT2D eigenvalue weighted by molar-refractivity contribution is 6.31. The summed E-state index contributed by atoms with van der Waals surface area (Å²) in [6, 6.07) is 10.3. The first-order valence-electron chi connectivity index (χ1n) is 9.03. The molecule has 2 aliphatic heterocycles. The Kier molecular flexibility index (Phi) is 4.79. The Morgan fingerprint density at radius 1 is 1.10 bits per heavy atom. The molecule has 8 nitrogen and oxygen atoms in total. The van der Waals surface area contributed by atoms with Crippen molar-refractivity contribution in [3.05, 3.63) is 58.6 Å². The minimum atomic E-state index is -0.963. The van der Waals surface area contributed by atoms with Gasteiger partial charge in [0.15, 0.2) is 12.1 Å². The summed E-state index contributed by atoms with van der Waals surface area (Å²) in [6.45, 7) is 3.60. The first-order chi connectivity index (χ1) is 13.9. The van der Waals surface area contributed by atoms with Gasteiger partial charge in [-0.25, -0.2) is 4.90 Å². The van der Waals surface area contributed by atoms with E-state index in [1.807, 2.05) is 32.0 Å². The first-order valence-corrected chi connectivity index (χ1v) is 9.41. The molecule has 0 unspecified atom stereocenters. The number of carbonyl (C=O) groups is 3. The Morgan fingerprint density at radius 3 is 2.48 bits per heavy atom. The van der Waals surface area contributed by atoms with E-state index >= 15 is 0 Å². The summed E-state index contributed by atoms with van der Waals surface area (Å²) < 4.78 is 0. The fourth-order valence-corrected chi connectivity index (χ4v) is 3.75. The molecule has 1 fully saturated rings. The van der Waals surface area contributed by atoms with Gasteiger partial charge in [-0.1, -0.05) is 41.1 Å². The van der Waals surface area contributed by atoms with Gasteiger partial charge in [-0.3, -0.25) is 19.4 Å². The largest absolute Gasteiger partial charge is 0.324 e. The van der Waals surface area contributed by atoms with Gasteiger partial charge in [0, 0.05) is 10.7 Å². The molecule has 2 aromatic carbocycles. The van der Waals surface area contributed by atoms with Crippen LogP contribution in [0.5, 0.6) is 0 Å². The van der Waals surface area contributed by atoms with E-state index in [9.17, 15) is 14.4 Å². The summed E-state index contributed by atoms with van der Waals surface area (Å²) in [7, 11) is 0. The average Bonchev–Trinajstić information content (AvgIpc) is 3.18. The second-order valence-electron chi connectivity index (χ2n) is 7.00. The molecule has 29 heavy (non-hydrogen) atoms. The van der Waals surface area contributed by atoms with Crippen LogP contribution in [0.4, 0.5) is 11.4 Å². The van der Waals surface area contributed by atoms with Crippen molar-refractivity contribution in [1.29, 1.82) is 0 Å². The summed E-state index contributed by atoms with van der Waals surface area (Å²) in [5.41, 5.74) is 2.95. The van der Waals surface area contributed by atoms with Crippen molar-refractivity contribution >= 4 is 40.7 Å². The van der Waals surface area contributed by atoms with Crippen molar-refractivity contribution in [3.8, 4) is 0 Å². The maximum atomic E-state index is 12.9. The highest BCUT2D eigenvalue weighted by atomic mass is 35.5. The number of carbonyl (C=O) groups excluding carboxylic acids is 3. The van der Waals surface area contributed by atoms with E-state index in [1.165, 1.54) is 11.1 Å². The molecule has 1 N–H and O–H groups in total. The number of hydrogen-bond acceptors (Lipinski definition) is 6. The van der Waals surface area contributed by atoms with Crippen molar-refractivity contribution < 1.29 is 14.4 Å². The zero-order valence-corrected chi connectivity index (χ0v) is 16.6. The van der Waals surface area contributed by atoms with E-state index in [-0.39, 0.29) is 12.5 Å². The number of para-hydroxylation sites is 1. The van der Waals surface area contributed by atoms with Crippen LogP contribution in [0.2, 0.25) is 5.02 Å². The van der Waals surface area contributed by atoms with Crippen LogP contribution in [-0.2, 0) is 14.4 Å². The smallest absolute Gasteiger partial charge is 0.263 e. The van der Waals surface area contributed by atoms with Crippen LogP contribution >= 0.6 is 11.6 Å². The van der Waals surface area contributed by atoms with Gasteiger partial charge in [-0.05, 0) is 43.2 Å². The third kappa shape index (κ3) is 3.36. The molecule has 4 rings (SSSR count). The summed E-state index contributed by atoms with van der Waals surface area (Å²) >= 11 is 5.98.